The van der Waals surface area contributed by atoms with Crippen molar-refractivity contribution in [3.63, 3.8) is 0 Å². The van der Waals surface area contributed by atoms with Crippen molar-refractivity contribution in [3.05, 3.63) is 0 Å². The summed E-state index contributed by atoms with van der Waals surface area (Å²) in [6.07, 6.45) is -0.397. The van der Waals surface area contributed by atoms with Crippen LogP contribution in [0.3, 0.4) is 0 Å². The van der Waals surface area contributed by atoms with Gasteiger partial charge in [-0.25, -0.2) is 4.79 Å². The smallest absolute Gasteiger partial charge is 0.407 e. The van der Waals surface area contributed by atoms with Crippen molar-refractivity contribution in [2.24, 2.45) is 11.8 Å². The minimum atomic E-state index is -0.397. The first-order valence-electron chi connectivity index (χ1n) is 7.66. The predicted molar refractivity (Wildman–Crippen MR) is 81.5 cm³/mol. The molecule has 0 rings (SSSR count). The van der Waals surface area contributed by atoms with Gasteiger partial charge in [0.05, 0.1) is 39.6 Å². The molecule has 0 aliphatic heterocycles. The molecule has 0 bridgehead atoms. The standard InChI is InChI=1S/C15H31NO5/c1-13(2)11-20-10-9-19-8-7-18-6-5-16-15(17)21-12-14(3)4/h13-14H,5-12H2,1-4H3,(H,16,17). The fourth-order valence-electron chi connectivity index (χ4n) is 1.28. The molecule has 0 aliphatic carbocycles. The molecular weight excluding hydrogens is 274 g/mol. The number of carbonyl (C=O) groups is 1. The third-order valence-electron chi connectivity index (χ3n) is 2.26. The van der Waals surface area contributed by atoms with Crippen molar-refractivity contribution < 1.29 is 23.7 Å². The molecule has 1 amide bonds. The van der Waals surface area contributed by atoms with E-state index in [1.54, 1.807) is 0 Å². The summed E-state index contributed by atoms with van der Waals surface area (Å²) in [5, 5.41) is 2.62. The first kappa shape index (κ1) is 20.1. The Hall–Kier alpha value is -0.850. The Morgan fingerprint density at radius 3 is 1.90 bits per heavy atom. The summed E-state index contributed by atoms with van der Waals surface area (Å²) in [4.78, 5) is 11.2. The van der Waals surface area contributed by atoms with Gasteiger partial charge in [0.15, 0.2) is 0 Å². The van der Waals surface area contributed by atoms with Crippen LogP contribution in [0.4, 0.5) is 4.79 Å². The van der Waals surface area contributed by atoms with Gasteiger partial charge in [0.25, 0.3) is 0 Å². The molecule has 0 radical (unpaired) electrons. The van der Waals surface area contributed by atoms with Crippen LogP contribution >= 0.6 is 0 Å². The molecule has 0 saturated carbocycles. The molecular formula is C15H31NO5. The maximum Gasteiger partial charge on any atom is 0.407 e. The van der Waals surface area contributed by atoms with Gasteiger partial charge in [-0.2, -0.15) is 0 Å². The Morgan fingerprint density at radius 2 is 1.33 bits per heavy atom. The SMILES string of the molecule is CC(C)COCCOCCOCCNC(=O)OCC(C)C. The number of carbonyl (C=O) groups excluding carboxylic acids is 1. The summed E-state index contributed by atoms with van der Waals surface area (Å²) in [5.74, 6) is 0.890. The lowest BCUT2D eigenvalue weighted by atomic mass is 10.2. The van der Waals surface area contributed by atoms with Crippen molar-refractivity contribution in [1.29, 1.82) is 0 Å². The van der Waals surface area contributed by atoms with Crippen LogP contribution in [0.25, 0.3) is 0 Å². The van der Waals surface area contributed by atoms with Gasteiger partial charge < -0.3 is 24.3 Å². The molecule has 1 N–H and O–H groups in total. The van der Waals surface area contributed by atoms with Gasteiger partial charge in [-0.1, -0.05) is 27.7 Å². The van der Waals surface area contributed by atoms with Crippen molar-refractivity contribution >= 4 is 6.09 Å². The zero-order chi connectivity index (χ0) is 15.9. The topological polar surface area (TPSA) is 66.0 Å². The maximum atomic E-state index is 11.2. The van der Waals surface area contributed by atoms with Gasteiger partial charge in [0, 0.05) is 13.2 Å². The normalized spacial score (nSPS) is 11.1. The minimum Gasteiger partial charge on any atom is -0.449 e. The highest BCUT2D eigenvalue weighted by atomic mass is 16.6. The van der Waals surface area contributed by atoms with Gasteiger partial charge >= 0.3 is 6.09 Å². The van der Waals surface area contributed by atoms with Gasteiger partial charge in [0.1, 0.15) is 0 Å². The molecule has 6 heteroatoms. The summed E-state index contributed by atoms with van der Waals surface area (Å²) >= 11 is 0. The van der Waals surface area contributed by atoms with E-state index in [9.17, 15) is 4.79 Å². The van der Waals surface area contributed by atoms with Gasteiger partial charge in [-0.15, -0.1) is 0 Å². The quantitative estimate of drug-likeness (QED) is 0.528. The average Bonchev–Trinajstić information content (AvgIpc) is 2.42. The van der Waals surface area contributed by atoms with Crippen LogP contribution in [0, 0.1) is 11.8 Å². The third-order valence-corrected chi connectivity index (χ3v) is 2.26. The molecule has 6 nitrogen and oxygen atoms in total. The zero-order valence-corrected chi connectivity index (χ0v) is 13.9. The van der Waals surface area contributed by atoms with Gasteiger partial charge in [0.2, 0.25) is 0 Å². The van der Waals surface area contributed by atoms with E-state index >= 15 is 0 Å². The highest BCUT2D eigenvalue weighted by molar-refractivity contribution is 5.67. The van der Waals surface area contributed by atoms with Crippen LogP contribution < -0.4 is 5.32 Å². The molecule has 0 atom stereocenters. The minimum absolute atomic E-state index is 0.341. The summed E-state index contributed by atoms with van der Waals surface area (Å²) in [6.45, 7) is 12.5. The summed E-state index contributed by atoms with van der Waals surface area (Å²) in [5.41, 5.74) is 0. The number of hydrogen-bond donors (Lipinski definition) is 1. The summed E-state index contributed by atoms with van der Waals surface area (Å²) in [7, 11) is 0. The lowest BCUT2D eigenvalue weighted by Gasteiger charge is -2.09. The number of rotatable bonds is 13. The van der Waals surface area contributed by atoms with Crippen LogP contribution in [0.2, 0.25) is 0 Å². The van der Waals surface area contributed by atoms with E-state index in [0.29, 0.717) is 58.0 Å². The van der Waals surface area contributed by atoms with Gasteiger partial charge in [-0.3, -0.25) is 0 Å². The zero-order valence-electron chi connectivity index (χ0n) is 13.9. The van der Waals surface area contributed by atoms with E-state index in [1.807, 2.05) is 13.8 Å². The van der Waals surface area contributed by atoms with E-state index in [2.05, 4.69) is 19.2 Å². The van der Waals surface area contributed by atoms with E-state index in [1.165, 1.54) is 0 Å². The monoisotopic (exact) mass is 305 g/mol. The van der Waals surface area contributed by atoms with E-state index in [0.717, 1.165) is 6.61 Å². The second kappa shape index (κ2) is 14.1. The van der Waals surface area contributed by atoms with Crippen LogP contribution in [0.5, 0.6) is 0 Å². The lowest BCUT2D eigenvalue weighted by Crippen LogP contribution is -2.29. The summed E-state index contributed by atoms with van der Waals surface area (Å²) in [6, 6.07) is 0. The third kappa shape index (κ3) is 17.1. The summed E-state index contributed by atoms with van der Waals surface area (Å²) < 4.78 is 21.0. The van der Waals surface area contributed by atoms with Crippen LogP contribution in [-0.4, -0.2) is 58.9 Å². The van der Waals surface area contributed by atoms with Crippen LogP contribution in [-0.2, 0) is 18.9 Å². The molecule has 0 aliphatic rings. The Labute approximate surface area is 128 Å². The predicted octanol–water partition coefficient (Wildman–Crippen LogP) is 2.07. The van der Waals surface area contributed by atoms with Crippen molar-refractivity contribution in [2.75, 3.05) is 52.8 Å². The molecule has 126 valence electrons. The number of nitrogens with one attached hydrogen (secondary N) is 1. The molecule has 0 unspecified atom stereocenters. The van der Waals surface area contributed by atoms with Crippen LogP contribution in [0.15, 0.2) is 0 Å². The fourth-order valence-corrected chi connectivity index (χ4v) is 1.28. The molecule has 21 heavy (non-hydrogen) atoms. The first-order chi connectivity index (χ1) is 10.0. The molecule has 0 fully saturated rings. The Bertz CT molecular complexity index is 246. The Balaban J connectivity index is 3.13. The van der Waals surface area contributed by atoms with Gasteiger partial charge in [-0.05, 0) is 11.8 Å². The van der Waals surface area contributed by atoms with E-state index in [4.69, 9.17) is 18.9 Å². The molecule has 0 spiro atoms. The van der Waals surface area contributed by atoms with Crippen LogP contribution in [0.1, 0.15) is 27.7 Å². The molecule has 0 aromatic carbocycles. The Morgan fingerprint density at radius 1 is 0.810 bits per heavy atom. The highest BCUT2D eigenvalue weighted by Gasteiger charge is 2.02. The maximum absolute atomic E-state index is 11.2. The second-order valence-electron chi connectivity index (χ2n) is 5.61. The highest BCUT2D eigenvalue weighted by Crippen LogP contribution is 1.92. The lowest BCUT2D eigenvalue weighted by molar-refractivity contribution is 0.01000. The molecule has 0 aromatic heterocycles. The van der Waals surface area contributed by atoms with Crippen molar-refractivity contribution in [2.45, 2.75) is 27.7 Å². The number of ether oxygens (including phenoxy) is 4. The number of amides is 1. The average molecular weight is 305 g/mol. The largest absolute Gasteiger partial charge is 0.449 e. The number of alkyl carbamates (subject to hydrolysis) is 1. The molecule has 0 aromatic rings. The fraction of sp³-hybridized carbons (Fsp3) is 0.933. The first-order valence-corrected chi connectivity index (χ1v) is 7.66. The molecule has 0 saturated heterocycles. The number of hydrogen-bond acceptors (Lipinski definition) is 5. The van der Waals surface area contributed by atoms with Crippen molar-refractivity contribution in [3.8, 4) is 0 Å². The van der Waals surface area contributed by atoms with Crippen molar-refractivity contribution in [1.82, 2.24) is 5.32 Å². The van der Waals surface area contributed by atoms with E-state index in [-0.39, 0.29) is 0 Å². The molecule has 0 heterocycles. The Kier molecular flexibility index (Phi) is 13.5. The van der Waals surface area contributed by atoms with E-state index < -0.39 is 6.09 Å². The second-order valence-corrected chi connectivity index (χ2v) is 5.61.